The standard InChI is InChI=1S/C21H30N4O2S/c1-12-8-13(2)10-24(9-12)11-14(3)22-19(26)18-15(4)17-20(28-18)23-16-6-5-7-25(16)21(17)27/h12-14H,5-11H2,1-4H3,(H,22,26). The fourth-order valence-electron chi connectivity index (χ4n) is 4.96. The molecule has 2 aromatic rings. The first kappa shape index (κ1) is 19.6. The van der Waals surface area contributed by atoms with E-state index in [0.717, 1.165) is 50.4 Å². The molecule has 0 radical (unpaired) electrons. The molecule has 2 aliphatic rings. The SMILES string of the molecule is Cc1c(C(=O)NC(C)CN2CC(C)CC(C)C2)sc2nc3n(c(=O)c12)CCC3. The fourth-order valence-corrected chi connectivity index (χ4v) is 6.05. The van der Waals surface area contributed by atoms with Crippen molar-refractivity contribution < 1.29 is 4.79 Å². The van der Waals surface area contributed by atoms with Gasteiger partial charge in [-0.1, -0.05) is 13.8 Å². The van der Waals surface area contributed by atoms with Gasteiger partial charge in [0.25, 0.3) is 11.5 Å². The second kappa shape index (κ2) is 7.59. The number of amides is 1. The van der Waals surface area contributed by atoms with Crippen molar-refractivity contribution in [2.24, 2.45) is 11.8 Å². The lowest BCUT2D eigenvalue weighted by Gasteiger charge is -2.36. The Kier molecular flexibility index (Phi) is 5.31. The first-order valence-electron chi connectivity index (χ1n) is 10.4. The van der Waals surface area contributed by atoms with E-state index in [9.17, 15) is 9.59 Å². The van der Waals surface area contributed by atoms with Gasteiger partial charge >= 0.3 is 0 Å². The van der Waals surface area contributed by atoms with Crippen LogP contribution in [0.4, 0.5) is 0 Å². The molecular formula is C21H30N4O2S. The van der Waals surface area contributed by atoms with Crippen LogP contribution in [-0.4, -0.2) is 46.0 Å². The van der Waals surface area contributed by atoms with Crippen LogP contribution in [0.1, 0.15) is 54.7 Å². The monoisotopic (exact) mass is 402 g/mol. The smallest absolute Gasteiger partial charge is 0.262 e. The summed E-state index contributed by atoms with van der Waals surface area (Å²) in [6.45, 7) is 12.3. The fraction of sp³-hybridized carbons (Fsp3) is 0.667. The van der Waals surface area contributed by atoms with Gasteiger partial charge in [-0.15, -0.1) is 11.3 Å². The predicted octanol–water partition coefficient (Wildman–Crippen LogP) is 2.81. The Balaban J connectivity index is 1.50. The van der Waals surface area contributed by atoms with Gasteiger partial charge < -0.3 is 10.2 Å². The zero-order valence-corrected chi connectivity index (χ0v) is 18.1. The number of nitrogens with one attached hydrogen (secondary N) is 1. The third kappa shape index (κ3) is 3.62. The van der Waals surface area contributed by atoms with E-state index in [4.69, 9.17) is 0 Å². The van der Waals surface area contributed by atoms with E-state index in [1.165, 1.54) is 17.8 Å². The van der Waals surface area contributed by atoms with Crippen LogP contribution < -0.4 is 10.9 Å². The number of carbonyl (C=O) groups excluding carboxylic acids is 1. The minimum absolute atomic E-state index is 0.00893. The Hall–Kier alpha value is -1.73. The zero-order chi connectivity index (χ0) is 20.0. The topological polar surface area (TPSA) is 67.2 Å². The predicted molar refractivity (Wildman–Crippen MR) is 113 cm³/mol. The number of hydrogen-bond acceptors (Lipinski definition) is 5. The zero-order valence-electron chi connectivity index (χ0n) is 17.2. The van der Waals surface area contributed by atoms with Crippen molar-refractivity contribution in [3.63, 3.8) is 0 Å². The molecule has 28 heavy (non-hydrogen) atoms. The third-order valence-corrected chi connectivity index (χ3v) is 7.16. The molecule has 1 saturated heterocycles. The van der Waals surface area contributed by atoms with Gasteiger partial charge in [-0.3, -0.25) is 14.2 Å². The van der Waals surface area contributed by atoms with E-state index >= 15 is 0 Å². The van der Waals surface area contributed by atoms with Crippen LogP contribution in [0, 0.1) is 18.8 Å². The summed E-state index contributed by atoms with van der Waals surface area (Å²) in [5.41, 5.74) is 0.777. The minimum Gasteiger partial charge on any atom is -0.348 e. The number of hydrogen-bond donors (Lipinski definition) is 1. The molecule has 1 amide bonds. The van der Waals surface area contributed by atoms with Crippen LogP contribution in [-0.2, 0) is 13.0 Å². The summed E-state index contributed by atoms with van der Waals surface area (Å²) in [5.74, 6) is 2.18. The summed E-state index contributed by atoms with van der Waals surface area (Å²) in [7, 11) is 0. The molecule has 1 N–H and O–H groups in total. The molecule has 6 nitrogen and oxygen atoms in total. The molecule has 0 aromatic carbocycles. The van der Waals surface area contributed by atoms with Crippen molar-refractivity contribution in [1.29, 1.82) is 0 Å². The molecule has 3 unspecified atom stereocenters. The average Bonchev–Trinajstić information content (AvgIpc) is 3.19. The minimum atomic E-state index is -0.0873. The number of likely N-dealkylation sites (tertiary alicyclic amines) is 1. The van der Waals surface area contributed by atoms with Crippen LogP contribution in [0.25, 0.3) is 10.2 Å². The Morgan fingerprint density at radius 2 is 2.04 bits per heavy atom. The lowest BCUT2D eigenvalue weighted by molar-refractivity contribution is 0.0908. The van der Waals surface area contributed by atoms with E-state index < -0.39 is 0 Å². The number of thiophene rings is 1. The maximum atomic E-state index is 12.9. The molecule has 7 heteroatoms. The highest BCUT2D eigenvalue weighted by atomic mass is 32.1. The summed E-state index contributed by atoms with van der Waals surface area (Å²) in [6, 6.07) is 0.0636. The summed E-state index contributed by atoms with van der Waals surface area (Å²) < 4.78 is 1.77. The quantitative estimate of drug-likeness (QED) is 0.854. The number of fused-ring (bicyclic) bond motifs is 2. The van der Waals surface area contributed by atoms with E-state index in [1.54, 1.807) is 4.57 Å². The number of piperidine rings is 1. The largest absolute Gasteiger partial charge is 0.348 e. The number of rotatable bonds is 4. The molecule has 1 fully saturated rings. The first-order valence-corrected chi connectivity index (χ1v) is 11.2. The normalized spacial score (nSPS) is 23.7. The van der Waals surface area contributed by atoms with E-state index in [0.29, 0.717) is 26.9 Å². The van der Waals surface area contributed by atoms with Gasteiger partial charge in [0.05, 0.1) is 10.3 Å². The highest BCUT2D eigenvalue weighted by Gasteiger charge is 2.26. The van der Waals surface area contributed by atoms with Gasteiger partial charge in [0, 0.05) is 38.6 Å². The molecule has 4 heterocycles. The van der Waals surface area contributed by atoms with E-state index in [1.807, 2.05) is 6.92 Å². The van der Waals surface area contributed by atoms with Crippen LogP contribution in [0.15, 0.2) is 4.79 Å². The maximum absolute atomic E-state index is 12.9. The molecule has 4 rings (SSSR count). The number of aromatic nitrogens is 2. The van der Waals surface area contributed by atoms with E-state index in [-0.39, 0.29) is 17.5 Å². The van der Waals surface area contributed by atoms with E-state index in [2.05, 4.69) is 36.0 Å². The molecule has 0 saturated carbocycles. The lowest BCUT2D eigenvalue weighted by Crippen LogP contribution is -2.46. The highest BCUT2D eigenvalue weighted by Crippen LogP contribution is 2.28. The lowest BCUT2D eigenvalue weighted by atomic mass is 9.92. The maximum Gasteiger partial charge on any atom is 0.262 e. The molecule has 0 bridgehead atoms. The van der Waals surface area contributed by atoms with Gasteiger partial charge in [-0.2, -0.15) is 0 Å². The Morgan fingerprint density at radius 1 is 1.32 bits per heavy atom. The Morgan fingerprint density at radius 3 is 2.75 bits per heavy atom. The first-order chi connectivity index (χ1) is 13.3. The number of aryl methyl sites for hydroxylation is 2. The summed E-state index contributed by atoms with van der Waals surface area (Å²) in [6.07, 6.45) is 3.09. The van der Waals surface area contributed by atoms with Crippen LogP contribution >= 0.6 is 11.3 Å². The molecule has 2 aromatic heterocycles. The van der Waals surface area contributed by atoms with Crippen molar-refractivity contribution in [3.05, 3.63) is 26.6 Å². The van der Waals surface area contributed by atoms with Crippen LogP contribution in [0.2, 0.25) is 0 Å². The van der Waals surface area contributed by atoms with Gasteiger partial charge in [-0.05, 0) is 44.1 Å². The van der Waals surface area contributed by atoms with Crippen molar-refractivity contribution in [2.75, 3.05) is 19.6 Å². The van der Waals surface area contributed by atoms with Crippen LogP contribution in [0.5, 0.6) is 0 Å². The molecule has 152 valence electrons. The number of nitrogens with zero attached hydrogens (tertiary/aromatic N) is 3. The van der Waals surface area contributed by atoms with Gasteiger partial charge in [-0.25, -0.2) is 4.98 Å². The molecular weight excluding hydrogens is 372 g/mol. The van der Waals surface area contributed by atoms with Crippen molar-refractivity contribution in [3.8, 4) is 0 Å². The summed E-state index contributed by atoms with van der Waals surface area (Å²) in [5, 5.41) is 3.76. The molecule has 2 aliphatic heterocycles. The number of carbonyl (C=O) groups is 1. The van der Waals surface area contributed by atoms with Crippen molar-refractivity contribution >= 4 is 27.5 Å². The molecule has 0 spiro atoms. The Bertz CT molecular complexity index is 953. The van der Waals surface area contributed by atoms with Crippen LogP contribution in [0.3, 0.4) is 0 Å². The van der Waals surface area contributed by atoms with Gasteiger partial charge in [0.2, 0.25) is 0 Å². The van der Waals surface area contributed by atoms with Crippen molar-refractivity contribution in [1.82, 2.24) is 19.8 Å². The second-order valence-corrected chi connectivity index (χ2v) is 9.86. The molecule has 0 aliphatic carbocycles. The van der Waals surface area contributed by atoms with Crippen molar-refractivity contribution in [2.45, 2.75) is 59.5 Å². The third-order valence-electron chi connectivity index (χ3n) is 5.97. The molecule has 3 atom stereocenters. The van der Waals surface area contributed by atoms with Gasteiger partial charge in [0.15, 0.2) is 0 Å². The highest BCUT2D eigenvalue weighted by molar-refractivity contribution is 7.20. The summed E-state index contributed by atoms with van der Waals surface area (Å²) >= 11 is 1.35. The second-order valence-electron chi connectivity index (χ2n) is 8.86. The Labute approximate surface area is 169 Å². The average molecular weight is 403 g/mol. The van der Waals surface area contributed by atoms with Gasteiger partial charge in [0.1, 0.15) is 10.7 Å². The summed E-state index contributed by atoms with van der Waals surface area (Å²) in [4.78, 5) is 34.2.